The Morgan fingerprint density at radius 3 is 2.40 bits per heavy atom. The molecule has 0 amide bonds. The fourth-order valence-corrected chi connectivity index (χ4v) is 5.25. The molecule has 0 saturated carbocycles. The lowest BCUT2D eigenvalue weighted by molar-refractivity contribution is 0.302. The summed E-state index contributed by atoms with van der Waals surface area (Å²) >= 11 is 1.47. The maximum atomic E-state index is 13.3. The van der Waals surface area contributed by atoms with Crippen LogP contribution in [0.2, 0.25) is 0 Å². The van der Waals surface area contributed by atoms with Gasteiger partial charge < -0.3 is 9.47 Å². The van der Waals surface area contributed by atoms with Crippen LogP contribution >= 0.6 is 11.3 Å². The Labute approximate surface area is 182 Å². The first-order valence-corrected chi connectivity index (χ1v) is 12.0. The SMILES string of the molecule is CC[C@@H](C)N(Cc1csc(COc2ccccc2)n1)S(=O)(=O)c1ccc(OC)cc1. The molecule has 0 aliphatic rings. The van der Waals surface area contributed by atoms with E-state index in [1.165, 1.54) is 15.6 Å². The van der Waals surface area contributed by atoms with E-state index in [1.807, 2.05) is 49.6 Å². The van der Waals surface area contributed by atoms with Crippen molar-refractivity contribution in [3.63, 3.8) is 0 Å². The predicted molar refractivity (Wildman–Crippen MR) is 118 cm³/mol. The molecule has 0 N–H and O–H groups in total. The Bertz CT molecular complexity index is 1030. The first-order valence-electron chi connectivity index (χ1n) is 9.71. The molecule has 0 saturated heterocycles. The number of rotatable bonds is 10. The lowest BCUT2D eigenvalue weighted by Crippen LogP contribution is -2.37. The zero-order valence-corrected chi connectivity index (χ0v) is 18.9. The van der Waals surface area contributed by atoms with Gasteiger partial charge in [0.1, 0.15) is 23.1 Å². The lowest BCUT2D eigenvalue weighted by atomic mass is 10.2. The average Bonchev–Trinajstić information content (AvgIpc) is 3.23. The number of para-hydroxylation sites is 1. The van der Waals surface area contributed by atoms with E-state index in [0.717, 1.165) is 10.8 Å². The maximum Gasteiger partial charge on any atom is 0.243 e. The summed E-state index contributed by atoms with van der Waals surface area (Å²) in [4.78, 5) is 4.83. The zero-order chi connectivity index (χ0) is 21.6. The van der Waals surface area contributed by atoms with Gasteiger partial charge in [0.2, 0.25) is 10.0 Å². The number of thiazole rings is 1. The largest absolute Gasteiger partial charge is 0.497 e. The Balaban J connectivity index is 1.75. The van der Waals surface area contributed by atoms with Crippen LogP contribution in [0.5, 0.6) is 11.5 Å². The van der Waals surface area contributed by atoms with Crippen LogP contribution in [-0.2, 0) is 23.2 Å². The normalized spacial score (nSPS) is 12.7. The summed E-state index contributed by atoms with van der Waals surface area (Å²) in [7, 11) is -2.12. The summed E-state index contributed by atoms with van der Waals surface area (Å²) in [5.74, 6) is 1.39. The first-order chi connectivity index (χ1) is 14.4. The van der Waals surface area contributed by atoms with Crippen LogP contribution < -0.4 is 9.47 Å². The van der Waals surface area contributed by atoms with Crippen LogP contribution in [0.4, 0.5) is 0 Å². The Kier molecular flexibility index (Phi) is 7.47. The highest BCUT2D eigenvalue weighted by molar-refractivity contribution is 7.89. The van der Waals surface area contributed by atoms with Crippen LogP contribution in [0, 0.1) is 0 Å². The highest BCUT2D eigenvalue weighted by Crippen LogP contribution is 2.25. The topological polar surface area (TPSA) is 68.7 Å². The zero-order valence-electron chi connectivity index (χ0n) is 17.3. The second-order valence-corrected chi connectivity index (χ2v) is 9.65. The van der Waals surface area contributed by atoms with Crippen molar-refractivity contribution < 1.29 is 17.9 Å². The summed E-state index contributed by atoms with van der Waals surface area (Å²) in [5, 5.41) is 2.70. The van der Waals surface area contributed by atoms with Crippen molar-refractivity contribution >= 4 is 21.4 Å². The summed E-state index contributed by atoms with van der Waals surface area (Å²) in [6.07, 6.45) is 0.698. The van der Waals surface area contributed by atoms with Gasteiger partial charge in [0.25, 0.3) is 0 Å². The molecule has 160 valence electrons. The molecule has 1 atom stereocenters. The van der Waals surface area contributed by atoms with Gasteiger partial charge in [-0.15, -0.1) is 11.3 Å². The molecular weight excluding hydrogens is 420 g/mol. The molecular formula is C22H26N2O4S2. The van der Waals surface area contributed by atoms with E-state index in [2.05, 4.69) is 4.98 Å². The number of ether oxygens (including phenoxy) is 2. The van der Waals surface area contributed by atoms with Crippen molar-refractivity contribution in [2.75, 3.05) is 7.11 Å². The highest BCUT2D eigenvalue weighted by Gasteiger charge is 2.29. The van der Waals surface area contributed by atoms with Crippen molar-refractivity contribution in [3.05, 3.63) is 70.7 Å². The molecule has 0 unspecified atom stereocenters. The summed E-state index contributed by atoms with van der Waals surface area (Å²) in [6.45, 7) is 4.45. The average molecular weight is 447 g/mol. The molecule has 0 aliphatic carbocycles. The maximum absolute atomic E-state index is 13.3. The van der Waals surface area contributed by atoms with Gasteiger partial charge in [-0.05, 0) is 49.7 Å². The molecule has 0 bridgehead atoms. The van der Waals surface area contributed by atoms with Crippen molar-refractivity contribution in [1.29, 1.82) is 0 Å². The van der Waals surface area contributed by atoms with Gasteiger partial charge in [0.05, 0.1) is 24.2 Å². The molecule has 0 fully saturated rings. The van der Waals surface area contributed by atoms with E-state index in [4.69, 9.17) is 9.47 Å². The lowest BCUT2D eigenvalue weighted by Gasteiger charge is -2.27. The van der Waals surface area contributed by atoms with E-state index in [9.17, 15) is 8.42 Å². The molecule has 2 aromatic carbocycles. The molecule has 1 heterocycles. The monoisotopic (exact) mass is 446 g/mol. The van der Waals surface area contributed by atoms with Gasteiger partial charge >= 0.3 is 0 Å². The Morgan fingerprint density at radius 1 is 1.07 bits per heavy atom. The van der Waals surface area contributed by atoms with E-state index >= 15 is 0 Å². The van der Waals surface area contributed by atoms with E-state index in [-0.39, 0.29) is 17.5 Å². The molecule has 0 spiro atoms. The smallest absolute Gasteiger partial charge is 0.243 e. The van der Waals surface area contributed by atoms with Crippen molar-refractivity contribution in [2.24, 2.45) is 0 Å². The molecule has 1 aromatic heterocycles. The molecule has 0 radical (unpaired) electrons. The second kappa shape index (κ2) is 10.1. The summed E-state index contributed by atoms with van der Waals surface area (Å²) < 4.78 is 39.0. The van der Waals surface area contributed by atoms with Crippen LogP contribution in [0.15, 0.2) is 64.9 Å². The quantitative estimate of drug-likeness (QED) is 0.451. The molecule has 30 heavy (non-hydrogen) atoms. The molecule has 3 aromatic rings. The van der Waals surface area contributed by atoms with Gasteiger partial charge in [-0.2, -0.15) is 4.31 Å². The van der Waals surface area contributed by atoms with Crippen molar-refractivity contribution in [2.45, 2.75) is 44.4 Å². The first kappa shape index (κ1) is 22.3. The van der Waals surface area contributed by atoms with Crippen LogP contribution in [0.25, 0.3) is 0 Å². The Morgan fingerprint density at radius 2 is 1.77 bits per heavy atom. The van der Waals surface area contributed by atoms with Crippen LogP contribution in [0.1, 0.15) is 31.0 Å². The van der Waals surface area contributed by atoms with Crippen LogP contribution in [0.3, 0.4) is 0 Å². The Hall–Kier alpha value is -2.42. The second-order valence-electron chi connectivity index (χ2n) is 6.82. The number of hydrogen-bond acceptors (Lipinski definition) is 6. The van der Waals surface area contributed by atoms with E-state index < -0.39 is 10.0 Å². The van der Waals surface area contributed by atoms with Gasteiger partial charge in [-0.25, -0.2) is 13.4 Å². The van der Waals surface area contributed by atoms with Gasteiger partial charge in [0, 0.05) is 11.4 Å². The van der Waals surface area contributed by atoms with Crippen molar-refractivity contribution in [1.82, 2.24) is 9.29 Å². The number of sulfonamides is 1. The number of methoxy groups -OCH3 is 1. The van der Waals surface area contributed by atoms with E-state index in [1.54, 1.807) is 31.4 Å². The molecule has 8 heteroatoms. The minimum Gasteiger partial charge on any atom is -0.497 e. The summed E-state index contributed by atoms with van der Waals surface area (Å²) in [6, 6.07) is 15.8. The van der Waals surface area contributed by atoms with Crippen molar-refractivity contribution in [3.8, 4) is 11.5 Å². The van der Waals surface area contributed by atoms with Crippen LogP contribution in [-0.4, -0.2) is 30.9 Å². The fraction of sp³-hybridized carbons (Fsp3) is 0.318. The third-order valence-electron chi connectivity index (χ3n) is 4.77. The number of aromatic nitrogens is 1. The number of hydrogen-bond donors (Lipinski definition) is 0. The summed E-state index contributed by atoms with van der Waals surface area (Å²) in [5.41, 5.74) is 0.712. The standard InChI is InChI=1S/C22H26N2O4S2/c1-4-17(2)24(30(25,26)21-12-10-19(27-3)11-13-21)14-18-16-29-22(23-18)15-28-20-8-6-5-7-9-20/h5-13,16-17H,4,14-15H2,1-3H3/t17-/m1/s1. The van der Waals surface area contributed by atoms with Gasteiger partial charge in [-0.3, -0.25) is 0 Å². The van der Waals surface area contributed by atoms with Gasteiger partial charge in [0.15, 0.2) is 0 Å². The third-order valence-corrected chi connectivity index (χ3v) is 7.62. The molecule has 3 rings (SSSR count). The molecule has 6 nitrogen and oxygen atoms in total. The van der Waals surface area contributed by atoms with E-state index in [0.29, 0.717) is 24.5 Å². The highest BCUT2D eigenvalue weighted by atomic mass is 32.2. The fourth-order valence-electron chi connectivity index (χ4n) is 2.87. The minimum absolute atomic E-state index is 0.164. The minimum atomic E-state index is -3.67. The number of nitrogens with zero attached hydrogens (tertiary/aromatic N) is 2. The van der Waals surface area contributed by atoms with Gasteiger partial charge in [-0.1, -0.05) is 25.1 Å². The molecule has 0 aliphatic heterocycles. The third kappa shape index (κ3) is 5.38. The number of benzene rings is 2. The predicted octanol–water partition coefficient (Wildman–Crippen LogP) is 4.72.